The van der Waals surface area contributed by atoms with Gasteiger partial charge in [0.15, 0.2) is 0 Å². The first-order valence-electron chi connectivity index (χ1n) is 9.34. The van der Waals surface area contributed by atoms with Crippen LogP contribution in [0.5, 0.6) is 5.75 Å². The first-order chi connectivity index (χ1) is 12.7. The molecule has 0 saturated heterocycles. The van der Waals surface area contributed by atoms with Crippen LogP contribution in [0.15, 0.2) is 41.8 Å². The summed E-state index contributed by atoms with van der Waals surface area (Å²) < 4.78 is 8.21. The third kappa shape index (κ3) is 3.01. The highest BCUT2D eigenvalue weighted by Crippen LogP contribution is 2.34. The molecule has 0 aliphatic carbocycles. The maximum atomic E-state index is 13.1. The van der Waals surface area contributed by atoms with Crippen molar-refractivity contribution in [2.75, 3.05) is 0 Å². The average molecular weight is 369 g/mol. The number of carbonyl (C=O) groups excluding carboxylic acids is 1. The van der Waals surface area contributed by atoms with E-state index in [-0.39, 0.29) is 18.1 Å². The molecule has 3 aromatic rings. The summed E-state index contributed by atoms with van der Waals surface area (Å²) in [7, 11) is 0. The number of benzene rings is 1. The lowest BCUT2D eigenvalue weighted by atomic mass is 10.1. The normalized spacial score (nSPS) is 17.1. The van der Waals surface area contributed by atoms with Crippen LogP contribution in [0.4, 0.5) is 0 Å². The molecule has 4 nitrogen and oxygen atoms in total. The minimum absolute atomic E-state index is 0.00393. The monoisotopic (exact) mass is 368 g/mol. The van der Waals surface area contributed by atoms with Gasteiger partial charge >= 0.3 is 0 Å². The molecular formula is C21H24N2O2S. The number of amides is 1. The summed E-state index contributed by atoms with van der Waals surface area (Å²) in [6.45, 7) is 4.99. The van der Waals surface area contributed by atoms with E-state index in [9.17, 15) is 4.79 Å². The van der Waals surface area contributed by atoms with Crippen molar-refractivity contribution in [3.63, 3.8) is 0 Å². The van der Waals surface area contributed by atoms with Crippen molar-refractivity contribution in [2.24, 2.45) is 0 Å². The number of ether oxygens (including phenoxy) is 1. The molecule has 2 aromatic heterocycles. The molecule has 3 heterocycles. The summed E-state index contributed by atoms with van der Waals surface area (Å²) in [5, 5.41) is 6.38. The zero-order chi connectivity index (χ0) is 18.1. The van der Waals surface area contributed by atoms with Crippen LogP contribution in [0.2, 0.25) is 0 Å². The number of aromatic nitrogens is 1. The Balaban J connectivity index is 1.68. The van der Waals surface area contributed by atoms with Gasteiger partial charge in [0, 0.05) is 10.3 Å². The fraction of sp³-hybridized carbons (Fsp3) is 0.381. The average Bonchev–Trinajstić information content (AvgIpc) is 3.30. The number of nitrogens with zero attached hydrogens (tertiary/aromatic N) is 1. The zero-order valence-electron chi connectivity index (χ0n) is 15.2. The Hall–Kier alpha value is -2.27. The van der Waals surface area contributed by atoms with Crippen molar-refractivity contribution in [2.45, 2.75) is 51.8 Å². The van der Waals surface area contributed by atoms with Crippen molar-refractivity contribution in [1.82, 2.24) is 9.88 Å². The summed E-state index contributed by atoms with van der Waals surface area (Å²) in [6, 6.07) is 12.2. The molecule has 1 N–H and O–H groups in total. The van der Waals surface area contributed by atoms with E-state index in [2.05, 4.69) is 35.2 Å². The van der Waals surface area contributed by atoms with Crippen LogP contribution in [0.3, 0.4) is 0 Å². The van der Waals surface area contributed by atoms with Gasteiger partial charge in [0.05, 0.1) is 18.1 Å². The number of rotatable bonds is 6. The van der Waals surface area contributed by atoms with E-state index in [1.54, 1.807) is 11.3 Å². The molecule has 0 fully saturated rings. The molecule has 1 amide bonds. The lowest BCUT2D eigenvalue weighted by Crippen LogP contribution is -2.33. The van der Waals surface area contributed by atoms with Crippen LogP contribution in [-0.2, 0) is 6.54 Å². The quantitative estimate of drug-likeness (QED) is 0.654. The molecule has 0 unspecified atom stereocenters. The second kappa shape index (κ2) is 7.16. The Labute approximate surface area is 157 Å². The van der Waals surface area contributed by atoms with Crippen LogP contribution in [-0.4, -0.2) is 16.6 Å². The minimum atomic E-state index is -0.00393. The molecular weight excluding hydrogens is 344 g/mol. The third-order valence-corrected chi connectivity index (χ3v) is 6.01. The number of thiophene rings is 1. The highest BCUT2D eigenvalue weighted by Gasteiger charge is 2.26. The number of hydrogen-bond acceptors (Lipinski definition) is 3. The van der Waals surface area contributed by atoms with E-state index in [0.717, 1.165) is 48.2 Å². The second-order valence-electron chi connectivity index (χ2n) is 6.81. The van der Waals surface area contributed by atoms with Gasteiger partial charge in [-0.3, -0.25) is 4.79 Å². The lowest BCUT2D eigenvalue weighted by molar-refractivity contribution is 0.0919. The second-order valence-corrected chi connectivity index (χ2v) is 7.79. The largest absolute Gasteiger partial charge is 0.486 e. The lowest BCUT2D eigenvalue weighted by Gasteiger charge is -2.26. The standard InChI is InChI=1S/C21H24N2O2S/c1-3-7-16(19-10-6-11-26-19)22-21(24)17-12-14-8-5-9-18-20(14)23(17)13-15(4-2)25-18/h5-6,8-12,15-16H,3-4,7,13H2,1-2H3,(H,22,24)/t15-,16-/m0/s1. The topological polar surface area (TPSA) is 43.3 Å². The van der Waals surface area contributed by atoms with E-state index < -0.39 is 0 Å². The Kier molecular flexibility index (Phi) is 4.72. The Morgan fingerprint density at radius 2 is 2.23 bits per heavy atom. The van der Waals surface area contributed by atoms with E-state index in [1.165, 1.54) is 4.88 Å². The smallest absolute Gasteiger partial charge is 0.268 e. The fourth-order valence-electron chi connectivity index (χ4n) is 3.69. The van der Waals surface area contributed by atoms with Gasteiger partial charge in [0.2, 0.25) is 0 Å². The van der Waals surface area contributed by atoms with Gasteiger partial charge in [-0.2, -0.15) is 0 Å². The zero-order valence-corrected chi connectivity index (χ0v) is 16.0. The number of hydrogen-bond donors (Lipinski definition) is 1. The van der Waals surface area contributed by atoms with Crippen molar-refractivity contribution < 1.29 is 9.53 Å². The maximum absolute atomic E-state index is 13.1. The van der Waals surface area contributed by atoms with E-state index in [0.29, 0.717) is 0 Å². The molecule has 2 atom stereocenters. The molecule has 136 valence electrons. The summed E-state index contributed by atoms with van der Waals surface area (Å²) >= 11 is 1.70. The van der Waals surface area contributed by atoms with E-state index in [4.69, 9.17) is 4.74 Å². The van der Waals surface area contributed by atoms with Crippen LogP contribution in [0.25, 0.3) is 10.9 Å². The maximum Gasteiger partial charge on any atom is 0.268 e. The van der Waals surface area contributed by atoms with Gasteiger partial charge in [-0.05, 0) is 36.4 Å². The van der Waals surface area contributed by atoms with Crippen molar-refractivity contribution in [3.05, 3.63) is 52.3 Å². The first-order valence-corrected chi connectivity index (χ1v) is 10.2. The Bertz CT molecular complexity index is 914. The number of nitrogens with one attached hydrogen (secondary N) is 1. The van der Waals surface area contributed by atoms with Gasteiger partial charge in [0.1, 0.15) is 17.5 Å². The molecule has 5 heteroatoms. The van der Waals surface area contributed by atoms with Gasteiger partial charge < -0.3 is 14.6 Å². The molecule has 1 aliphatic heterocycles. The van der Waals surface area contributed by atoms with Crippen molar-refractivity contribution in [1.29, 1.82) is 0 Å². The van der Waals surface area contributed by atoms with Gasteiger partial charge in [-0.25, -0.2) is 0 Å². The van der Waals surface area contributed by atoms with Crippen molar-refractivity contribution in [3.8, 4) is 5.75 Å². The molecule has 0 spiro atoms. The SMILES string of the molecule is CCC[C@H](NC(=O)c1cc2cccc3c2n1C[C@H](CC)O3)c1cccs1. The molecule has 0 saturated carbocycles. The predicted molar refractivity (Wildman–Crippen MR) is 106 cm³/mol. The highest BCUT2D eigenvalue weighted by atomic mass is 32.1. The van der Waals surface area contributed by atoms with Crippen LogP contribution in [0, 0.1) is 0 Å². The number of carbonyl (C=O) groups is 1. The molecule has 1 aromatic carbocycles. The van der Waals surface area contributed by atoms with E-state index >= 15 is 0 Å². The number of para-hydroxylation sites is 1. The van der Waals surface area contributed by atoms with Crippen LogP contribution < -0.4 is 10.1 Å². The summed E-state index contributed by atoms with van der Waals surface area (Å²) in [4.78, 5) is 14.4. The van der Waals surface area contributed by atoms with Crippen LogP contribution in [0.1, 0.15) is 54.5 Å². The third-order valence-electron chi connectivity index (χ3n) is 5.02. The minimum Gasteiger partial charge on any atom is -0.486 e. The molecule has 0 radical (unpaired) electrons. The van der Waals surface area contributed by atoms with E-state index in [1.807, 2.05) is 30.3 Å². The summed E-state index contributed by atoms with van der Waals surface area (Å²) in [5.41, 5.74) is 1.76. The highest BCUT2D eigenvalue weighted by molar-refractivity contribution is 7.10. The Morgan fingerprint density at radius 1 is 1.35 bits per heavy atom. The van der Waals surface area contributed by atoms with Crippen molar-refractivity contribution >= 4 is 28.1 Å². The summed E-state index contributed by atoms with van der Waals surface area (Å²) in [5.74, 6) is 0.874. The first kappa shape index (κ1) is 17.2. The molecule has 4 rings (SSSR count). The molecule has 0 bridgehead atoms. The molecule has 1 aliphatic rings. The van der Waals surface area contributed by atoms with Gasteiger partial charge in [-0.15, -0.1) is 11.3 Å². The predicted octanol–water partition coefficient (Wildman–Crippen LogP) is 5.15. The molecule has 26 heavy (non-hydrogen) atoms. The Morgan fingerprint density at radius 3 is 2.96 bits per heavy atom. The van der Waals surface area contributed by atoms with Crippen LogP contribution >= 0.6 is 11.3 Å². The summed E-state index contributed by atoms with van der Waals surface area (Å²) in [6.07, 6.45) is 3.00. The van der Waals surface area contributed by atoms with Gasteiger partial charge in [-0.1, -0.05) is 38.5 Å². The fourth-order valence-corrected chi connectivity index (χ4v) is 4.50. The van der Waals surface area contributed by atoms with Gasteiger partial charge in [0.25, 0.3) is 5.91 Å².